The van der Waals surface area contributed by atoms with Gasteiger partial charge in [0.25, 0.3) is 5.91 Å². The first-order valence-corrected chi connectivity index (χ1v) is 9.98. The van der Waals surface area contributed by atoms with Gasteiger partial charge in [-0.3, -0.25) is 14.4 Å². The molecule has 0 saturated heterocycles. The van der Waals surface area contributed by atoms with Crippen molar-refractivity contribution in [2.24, 2.45) is 0 Å². The van der Waals surface area contributed by atoms with Crippen LogP contribution in [0.5, 0.6) is 0 Å². The van der Waals surface area contributed by atoms with E-state index < -0.39 is 5.97 Å². The summed E-state index contributed by atoms with van der Waals surface area (Å²) in [6.07, 6.45) is 1.99. The van der Waals surface area contributed by atoms with Crippen LogP contribution in [-0.4, -0.2) is 35.4 Å². The molecule has 0 radical (unpaired) electrons. The van der Waals surface area contributed by atoms with Gasteiger partial charge >= 0.3 is 5.97 Å². The Kier molecular flexibility index (Phi) is 7.17. The molecule has 0 bridgehead atoms. The van der Waals surface area contributed by atoms with Crippen LogP contribution in [0.15, 0.2) is 54.7 Å². The summed E-state index contributed by atoms with van der Waals surface area (Å²) in [5, 5.41) is 12.3. The Morgan fingerprint density at radius 1 is 1.06 bits per heavy atom. The summed E-state index contributed by atoms with van der Waals surface area (Å²) < 4.78 is 6.96. The van der Waals surface area contributed by atoms with E-state index in [2.05, 4.69) is 11.4 Å². The average molecular weight is 417 g/mol. The molecule has 3 rings (SSSR count). The number of amides is 1. The van der Waals surface area contributed by atoms with E-state index in [1.807, 2.05) is 47.9 Å². The largest absolute Gasteiger partial charge is 0.457 e. The summed E-state index contributed by atoms with van der Waals surface area (Å²) in [5.74, 6) is -1.14. The molecule has 0 atom stereocenters. The second-order valence-corrected chi connectivity index (χ2v) is 7.07. The van der Waals surface area contributed by atoms with Gasteiger partial charge in [0.2, 0.25) is 5.78 Å². The number of Topliss-reactive ketones (excluding diaryl/α,β-unsaturated/α-hetero) is 1. The van der Waals surface area contributed by atoms with Crippen LogP contribution in [-0.2, 0) is 16.1 Å². The van der Waals surface area contributed by atoms with Gasteiger partial charge in [0.1, 0.15) is 0 Å². The molecule has 1 aromatic heterocycles. The lowest BCUT2D eigenvalue weighted by atomic mass is 10.1. The topological polar surface area (TPSA) is 101 Å². The van der Waals surface area contributed by atoms with Crippen molar-refractivity contribution in [2.45, 2.75) is 26.3 Å². The van der Waals surface area contributed by atoms with Crippen molar-refractivity contribution in [3.05, 3.63) is 71.4 Å². The smallest absolute Gasteiger partial charge is 0.308 e. The highest BCUT2D eigenvalue weighted by Gasteiger charge is 2.17. The monoisotopic (exact) mass is 417 g/mol. The summed E-state index contributed by atoms with van der Waals surface area (Å²) in [6.45, 7) is 2.06. The Hall–Kier alpha value is -3.92. The predicted molar refractivity (Wildman–Crippen MR) is 116 cm³/mol. The Morgan fingerprint density at radius 3 is 2.58 bits per heavy atom. The lowest BCUT2D eigenvalue weighted by Crippen LogP contribution is -2.27. The van der Waals surface area contributed by atoms with Crippen molar-refractivity contribution in [2.75, 3.05) is 13.2 Å². The third kappa shape index (κ3) is 5.37. The normalized spacial score (nSPS) is 10.5. The number of benzene rings is 2. The number of aromatic nitrogens is 1. The minimum Gasteiger partial charge on any atom is -0.457 e. The molecule has 0 fully saturated rings. The molecule has 0 spiro atoms. The van der Waals surface area contributed by atoms with Gasteiger partial charge in [-0.2, -0.15) is 5.26 Å². The maximum Gasteiger partial charge on any atom is 0.308 e. The zero-order chi connectivity index (χ0) is 22.2. The zero-order valence-corrected chi connectivity index (χ0v) is 17.3. The molecule has 2 aromatic carbocycles. The highest BCUT2D eigenvalue weighted by atomic mass is 16.5. The number of nitrogens with zero attached hydrogens (tertiary/aromatic N) is 2. The number of aryl methyl sites for hydroxylation is 2. The first kappa shape index (κ1) is 21.8. The van der Waals surface area contributed by atoms with Crippen LogP contribution in [0.3, 0.4) is 0 Å². The van der Waals surface area contributed by atoms with Gasteiger partial charge in [0, 0.05) is 41.3 Å². The van der Waals surface area contributed by atoms with Crippen LogP contribution in [0.4, 0.5) is 0 Å². The summed E-state index contributed by atoms with van der Waals surface area (Å²) >= 11 is 0. The van der Waals surface area contributed by atoms with Gasteiger partial charge in [-0.25, -0.2) is 0 Å². The molecule has 31 heavy (non-hydrogen) atoms. The van der Waals surface area contributed by atoms with E-state index in [0.717, 1.165) is 16.5 Å². The number of para-hydroxylation sites is 1. The molecule has 0 aliphatic heterocycles. The Labute approximate surface area is 180 Å². The summed E-state index contributed by atoms with van der Waals surface area (Å²) in [6, 6.07) is 16.7. The Morgan fingerprint density at radius 2 is 1.81 bits per heavy atom. The zero-order valence-electron chi connectivity index (χ0n) is 17.3. The highest BCUT2D eigenvalue weighted by molar-refractivity contribution is 6.09. The number of nitriles is 1. The number of ketones is 1. The molecule has 1 amide bonds. The van der Waals surface area contributed by atoms with Crippen molar-refractivity contribution >= 4 is 28.6 Å². The molecule has 1 N–H and O–H groups in total. The third-order valence-electron chi connectivity index (χ3n) is 4.92. The van der Waals surface area contributed by atoms with Gasteiger partial charge in [-0.1, -0.05) is 36.4 Å². The fourth-order valence-electron chi connectivity index (χ4n) is 3.32. The number of rotatable bonds is 9. The van der Waals surface area contributed by atoms with Crippen molar-refractivity contribution in [3.8, 4) is 6.07 Å². The van der Waals surface area contributed by atoms with E-state index in [1.165, 1.54) is 0 Å². The van der Waals surface area contributed by atoms with E-state index in [1.54, 1.807) is 18.3 Å². The van der Waals surface area contributed by atoms with Crippen LogP contribution < -0.4 is 5.32 Å². The first-order chi connectivity index (χ1) is 15.0. The molecule has 0 unspecified atom stereocenters. The molecule has 1 heterocycles. The fraction of sp³-hybridized carbons (Fsp3) is 0.250. The standard InChI is InChI=1S/C24H23N3O4/c1-17-7-2-3-8-18(17)24(30)26-13-11-23(29)31-16-22(28)20-15-27(14-6-12-25)21-10-5-4-9-19(20)21/h2-5,7-10,15H,6,11,13-14,16H2,1H3,(H,26,30). The maximum absolute atomic E-state index is 12.6. The van der Waals surface area contributed by atoms with Crippen molar-refractivity contribution in [3.63, 3.8) is 0 Å². The molecule has 7 heteroatoms. The molecule has 0 aliphatic carbocycles. The second-order valence-electron chi connectivity index (χ2n) is 7.07. The van der Waals surface area contributed by atoms with E-state index in [0.29, 0.717) is 24.1 Å². The minimum absolute atomic E-state index is 0.0329. The van der Waals surface area contributed by atoms with E-state index >= 15 is 0 Å². The number of nitrogens with one attached hydrogen (secondary N) is 1. The molecule has 7 nitrogen and oxygen atoms in total. The van der Waals surface area contributed by atoms with Gasteiger partial charge < -0.3 is 14.6 Å². The Bertz CT molecular complexity index is 1160. The molecule has 0 saturated carbocycles. The van der Waals surface area contributed by atoms with Crippen molar-refractivity contribution in [1.29, 1.82) is 5.26 Å². The predicted octanol–water partition coefficient (Wildman–Crippen LogP) is 3.41. The molecule has 158 valence electrons. The maximum atomic E-state index is 12.6. The summed E-state index contributed by atoms with van der Waals surface area (Å²) in [7, 11) is 0. The van der Waals surface area contributed by atoms with Crippen LogP contribution in [0, 0.1) is 18.3 Å². The van der Waals surface area contributed by atoms with Gasteiger partial charge in [-0.05, 0) is 24.6 Å². The highest BCUT2D eigenvalue weighted by Crippen LogP contribution is 2.22. The van der Waals surface area contributed by atoms with E-state index in [4.69, 9.17) is 10.00 Å². The SMILES string of the molecule is Cc1ccccc1C(=O)NCCC(=O)OCC(=O)c1cn(CCC#N)c2ccccc12. The Balaban J connectivity index is 1.53. The van der Waals surface area contributed by atoms with Crippen LogP contribution in [0.2, 0.25) is 0 Å². The number of carbonyl (C=O) groups is 3. The number of hydrogen-bond acceptors (Lipinski definition) is 5. The third-order valence-corrected chi connectivity index (χ3v) is 4.92. The lowest BCUT2D eigenvalue weighted by molar-refractivity contribution is -0.142. The average Bonchev–Trinajstić information content (AvgIpc) is 3.15. The number of esters is 1. The summed E-state index contributed by atoms with van der Waals surface area (Å²) in [4.78, 5) is 36.8. The molecular formula is C24H23N3O4. The van der Waals surface area contributed by atoms with Crippen molar-refractivity contribution in [1.82, 2.24) is 9.88 Å². The number of ether oxygens (including phenoxy) is 1. The van der Waals surface area contributed by atoms with Gasteiger partial charge in [0.05, 0.1) is 18.9 Å². The van der Waals surface area contributed by atoms with Gasteiger partial charge in [0.15, 0.2) is 6.61 Å². The molecule has 3 aromatic rings. The molecule has 0 aliphatic rings. The van der Waals surface area contributed by atoms with E-state index in [-0.39, 0.29) is 31.3 Å². The van der Waals surface area contributed by atoms with Crippen LogP contribution >= 0.6 is 0 Å². The van der Waals surface area contributed by atoms with Crippen LogP contribution in [0.1, 0.15) is 39.1 Å². The number of fused-ring (bicyclic) bond motifs is 1. The van der Waals surface area contributed by atoms with Gasteiger partial charge in [-0.15, -0.1) is 0 Å². The number of carbonyl (C=O) groups excluding carboxylic acids is 3. The minimum atomic E-state index is -0.563. The summed E-state index contributed by atoms with van der Waals surface area (Å²) in [5.41, 5.74) is 2.71. The molecular weight excluding hydrogens is 394 g/mol. The second kappa shape index (κ2) is 10.2. The quantitative estimate of drug-likeness (QED) is 0.425. The van der Waals surface area contributed by atoms with Crippen molar-refractivity contribution < 1.29 is 19.1 Å². The lowest BCUT2D eigenvalue weighted by Gasteiger charge is -2.07. The van der Waals surface area contributed by atoms with E-state index in [9.17, 15) is 14.4 Å². The first-order valence-electron chi connectivity index (χ1n) is 9.98. The van der Waals surface area contributed by atoms with Crippen LogP contribution in [0.25, 0.3) is 10.9 Å². The fourth-order valence-corrected chi connectivity index (χ4v) is 3.32. The number of hydrogen-bond donors (Lipinski definition) is 1.